The fourth-order valence-electron chi connectivity index (χ4n) is 2.55. The molecule has 0 bridgehead atoms. The van der Waals surface area contributed by atoms with Crippen molar-refractivity contribution in [1.82, 2.24) is 0 Å². The minimum atomic E-state index is -2.30. The average molecular weight is 391 g/mol. The molecule has 0 heterocycles. The van der Waals surface area contributed by atoms with Crippen molar-refractivity contribution in [3.8, 4) is 0 Å². The molecule has 0 unspecified atom stereocenters. The van der Waals surface area contributed by atoms with Gasteiger partial charge < -0.3 is 4.18 Å². The zero-order valence-corrected chi connectivity index (χ0v) is 15.5. The van der Waals surface area contributed by atoms with E-state index in [0.717, 1.165) is 14.7 Å². The largest absolute Gasteiger partial charge is 0.400 e. The molecule has 0 aromatic heterocycles. The molecule has 0 spiro atoms. The molecular formula is C20H16Cl2O2S. The third-order valence-electron chi connectivity index (χ3n) is 3.61. The van der Waals surface area contributed by atoms with Crippen LogP contribution in [-0.2, 0) is 8.98 Å². The molecule has 25 heavy (non-hydrogen) atoms. The third-order valence-corrected chi connectivity index (χ3v) is 7.19. The second kappa shape index (κ2) is 7.96. The summed E-state index contributed by atoms with van der Waals surface area (Å²) in [7, 11) is -2.30. The van der Waals surface area contributed by atoms with Gasteiger partial charge in [-0.25, -0.2) is 4.79 Å². The summed E-state index contributed by atoms with van der Waals surface area (Å²) < 4.78 is 6.04. The summed E-state index contributed by atoms with van der Waals surface area (Å²) in [5.74, 6) is -0.658. The lowest BCUT2D eigenvalue weighted by Gasteiger charge is -2.39. The van der Waals surface area contributed by atoms with Crippen molar-refractivity contribution in [2.75, 3.05) is 0 Å². The Morgan fingerprint density at radius 2 is 1.00 bits per heavy atom. The Hall–Kier alpha value is -1.94. The van der Waals surface area contributed by atoms with Gasteiger partial charge in [0.05, 0.1) is 0 Å². The molecule has 0 aliphatic rings. The van der Waals surface area contributed by atoms with Crippen LogP contribution in [0.4, 0.5) is 0 Å². The van der Waals surface area contributed by atoms with E-state index in [1.54, 1.807) is 0 Å². The highest BCUT2D eigenvalue weighted by Gasteiger charge is 2.36. The van der Waals surface area contributed by atoms with Gasteiger partial charge in [-0.15, -0.1) is 0 Å². The van der Waals surface area contributed by atoms with E-state index in [1.807, 2.05) is 91.0 Å². The first-order chi connectivity index (χ1) is 12.1. The highest BCUT2D eigenvalue weighted by molar-refractivity contribution is 8.30. The predicted molar refractivity (Wildman–Crippen MR) is 103 cm³/mol. The molecule has 0 radical (unpaired) electrons. The minimum Gasteiger partial charge on any atom is -0.400 e. The van der Waals surface area contributed by atoms with Crippen molar-refractivity contribution >= 4 is 39.5 Å². The Morgan fingerprint density at radius 1 is 0.680 bits per heavy atom. The van der Waals surface area contributed by atoms with Crippen LogP contribution in [0.2, 0.25) is 0 Å². The summed E-state index contributed by atoms with van der Waals surface area (Å²) in [6, 6.07) is 29.1. The van der Waals surface area contributed by atoms with Crippen molar-refractivity contribution in [3.63, 3.8) is 0 Å². The van der Waals surface area contributed by atoms with E-state index in [4.69, 9.17) is 27.4 Å². The van der Waals surface area contributed by atoms with Gasteiger partial charge in [0.1, 0.15) is 0 Å². The Morgan fingerprint density at radius 3 is 1.28 bits per heavy atom. The molecule has 2 nitrogen and oxygen atoms in total. The molecule has 5 heteroatoms. The summed E-state index contributed by atoms with van der Waals surface area (Å²) in [5, 5.41) is 0. The van der Waals surface area contributed by atoms with Gasteiger partial charge in [-0.2, -0.15) is 0 Å². The van der Waals surface area contributed by atoms with Crippen LogP contribution < -0.4 is 0 Å². The molecule has 3 rings (SSSR count). The van der Waals surface area contributed by atoms with Crippen molar-refractivity contribution < 1.29 is 8.98 Å². The predicted octanol–water partition coefficient (Wildman–Crippen LogP) is 6.23. The standard InChI is InChI=1S/C20H16Cl2O2S/c21-19(22)20(23)24-25(16-10-4-1-5-11-16,17-12-6-2-7-13-17)18-14-8-3-9-15-18/h1-15,19H. The topological polar surface area (TPSA) is 26.3 Å². The number of halogens is 2. The normalized spacial score (nSPS) is 12.0. The number of hydrogen-bond donors (Lipinski definition) is 0. The van der Waals surface area contributed by atoms with Crippen LogP contribution in [0.3, 0.4) is 0 Å². The molecule has 0 N–H and O–H groups in total. The molecule has 0 fully saturated rings. The van der Waals surface area contributed by atoms with E-state index in [2.05, 4.69) is 0 Å². The van der Waals surface area contributed by atoms with Gasteiger partial charge in [0.15, 0.2) is 0 Å². The van der Waals surface area contributed by atoms with Crippen LogP contribution >= 0.6 is 33.5 Å². The molecule has 128 valence electrons. The molecule has 3 aromatic rings. The van der Waals surface area contributed by atoms with E-state index in [-0.39, 0.29) is 0 Å². The lowest BCUT2D eigenvalue weighted by molar-refractivity contribution is -0.131. The Balaban J connectivity index is 2.29. The average Bonchev–Trinajstić information content (AvgIpc) is 2.68. The number of benzene rings is 3. The van der Waals surface area contributed by atoms with Crippen LogP contribution in [0, 0.1) is 0 Å². The van der Waals surface area contributed by atoms with Crippen molar-refractivity contribution in [1.29, 1.82) is 0 Å². The summed E-state index contributed by atoms with van der Waals surface area (Å²) in [6.45, 7) is 0. The summed E-state index contributed by atoms with van der Waals surface area (Å²) in [4.78, 5) is 13.9. The van der Waals surface area contributed by atoms with Gasteiger partial charge in [0.25, 0.3) is 0 Å². The Bertz CT molecular complexity index is 727. The lowest BCUT2D eigenvalue weighted by Crippen LogP contribution is -2.18. The van der Waals surface area contributed by atoms with Crippen molar-refractivity contribution in [2.45, 2.75) is 19.5 Å². The van der Waals surface area contributed by atoms with Crippen LogP contribution in [0.15, 0.2) is 106 Å². The van der Waals surface area contributed by atoms with Crippen LogP contribution in [0.25, 0.3) is 0 Å². The number of rotatable bonds is 5. The molecule has 0 atom stereocenters. The lowest BCUT2D eigenvalue weighted by atomic mass is 10.4. The number of carbonyl (C=O) groups is 1. The molecule has 0 saturated heterocycles. The van der Waals surface area contributed by atoms with Gasteiger partial charge in [0, 0.05) is 14.7 Å². The Kier molecular flexibility index (Phi) is 5.69. The first kappa shape index (κ1) is 17.9. The first-order valence-corrected chi connectivity index (χ1v) is 10.1. The van der Waals surface area contributed by atoms with Crippen molar-refractivity contribution in [3.05, 3.63) is 91.0 Å². The maximum atomic E-state index is 12.4. The smallest absolute Gasteiger partial charge is 0.350 e. The number of alkyl halides is 2. The fraction of sp³-hybridized carbons (Fsp3) is 0.0500. The maximum absolute atomic E-state index is 12.4. The van der Waals surface area contributed by atoms with Crippen LogP contribution in [-0.4, -0.2) is 10.8 Å². The van der Waals surface area contributed by atoms with Gasteiger partial charge in [-0.1, -0.05) is 77.8 Å². The summed E-state index contributed by atoms with van der Waals surface area (Å²) >= 11 is 11.6. The van der Waals surface area contributed by atoms with Gasteiger partial charge in [-0.3, -0.25) is 0 Å². The Labute approximate surface area is 158 Å². The molecule has 0 amide bonds. The third kappa shape index (κ3) is 3.69. The minimum absolute atomic E-state index is 0.658. The second-order valence-corrected chi connectivity index (χ2v) is 8.99. The molecule has 0 saturated carbocycles. The van der Waals surface area contributed by atoms with E-state index >= 15 is 0 Å². The second-order valence-electron chi connectivity index (χ2n) is 5.20. The van der Waals surface area contributed by atoms with E-state index in [1.165, 1.54) is 0 Å². The highest BCUT2D eigenvalue weighted by Crippen LogP contribution is 2.69. The zero-order chi connectivity index (χ0) is 17.7. The number of hydrogen-bond acceptors (Lipinski definition) is 2. The van der Waals surface area contributed by atoms with Gasteiger partial charge in [0.2, 0.25) is 4.84 Å². The highest BCUT2D eigenvalue weighted by atomic mass is 35.5. The maximum Gasteiger partial charge on any atom is 0.350 e. The summed E-state index contributed by atoms with van der Waals surface area (Å²) in [5.41, 5.74) is 0. The summed E-state index contributed by atoms with van der Waals surface area (Å²) in [6.07, 6.45) is 0. The molecular weight excluding hydrogens is 375 g/mol. The molecule has 0 aliphatic heterocycles. The first-order valence-electron chi connectivity index (χ1n) is 7.64. The molecule has 3 aromatic carbocycles. The SMILES string of the molecule is O=C(OS(c1ccccc1)(c1ccccc1)c1ccccc1)C(Cl)Cl. The van der Waals surface area contributed by atoms with Crippen LogP contribution in [0.1, 0.15) is 0 Å². The monoisotopic (exact) mass is 390 g/mol. The quantitative estimate of drug-likeness (QED) is 0.482. The van der Waals surface area contributed by atoms with E-state index in [9.17, 15) is 4.79 Å². The van der Waals surface area contributed by atoms with E-state index < -0.39 is 21.1 Å². The van der Waals surface area contributed by atoms with Gasteiger partial charge in [-0.05, 0) is 46.7 Å². The van der Waals surface area contributed by atoms with Crippen molar-refractivity contribution in [2.24, 2.45) is 0 Å². The van der Waals surface area contributed by atoms with E-state index in [0.29, 0.717) is 0 Å². The fourth-order valence-corrected chi connectivity index (χ4v) is 5.81. The van der Waals surface area contributed by atoms with Gasteiger partial charge >= 0.3 is 5.97 Å². The molecule has 0 aliphatic carbocycles. The zero-order valence-electron chi connectivity index (χ0n) is 13.2. The number of carbonyl (C=O) groups excluding carboxylic acids is 1. The van der Waals surface area contributed by atoms with Crippen LogP contribution in [0.5, 0.6) is 0 Å².